The predicted octanol–water partition coefficient (Wildman–Crippen LogP) is 1.19. The molecule has 2 aliphatic rings. The minimum atomic E-state index is -1.14. The number of carboxylic acid groups (broad SMARTS) is 1. The molecule has 0 bridgehead atoms. The van der Waals surface area contributed by atoms with Crippen LogP contribution in [0.15, 0.2) is 0 Å². The Morgan fingerprint density at radius 1 is 1.35 bits per heavy atom. The van der Waals surface area contributed by atoms with Crippen molar-refractivity contribution >= 4 is 12.0 Å². The summed E-state index contributed by atoms with van der Waals surface area (Å²) in [6, 6.07) is -0.528. The largest absolute Gasteiger partial charge is 0.480 e. The Morgan fingerprint density at radius 2 is 2.10 bits per heavy atom. The van der Waals surface area contributed by atoms with Crippen LogP contribution in [0.2, 0.25) is 0 Å². The van der Waals surface area contributed by atoms with Crippen molar-refractivity contribution in [1.29, 1.82) is 0 Å². The number of carbonyl (C=O) groups is 2. The Balaban J connectivity index is 2.08. The van der Waals surface area contributed by atoms with E-state index in [-0.39, 0.29) is 18.7 Å². The van der Waals surface area contributed by atoms with Gasteiger partial charge in [-0.3, -0.25) is 0 Å². The summed E-state index contributed by atoms with van der Waals surface area (Å²) >= 11 is 0. The fourth-order valence-corrected chi connectivity index (χ4v) is 3.48. The van der Waals surface area contributed by atoms with Crippen LogP contribution in [0.5, 0.6) is 0 Å². The van der Waals surface area contributed by atoms with Crippen LogP contribution in [-0.4, -0.2) is 51.8 Å². The number of amides is 2. The first-order chi connectivity index (χ1) is 9.48. The SMILES string of the molecule is CC1CCCC(NC(=O)N2CCCC2CO)(C(=O)O)C1. The molecule has 2 rings (SSSR count). The highest BCUT2D eigenvalue weighted by Crippen LogP contribution is 2.33. The smallest absolute Gasteiger partial charge is 0.329 e. The number of carboxylic acids is 1. The molecule has 0 radical (unpaired) electrons. The Morgan fingerprint density at radius 3 is 2.70 bits per heavy atom. The van der Waals surface area contributed by atoms with Crippen molar-refractivity contribution in [3.05, 3.63) is 0 Å². The monoisotopic (exact) mass is 284 g/mol. The quantitative estimate of drug-likeness (QED) is 0.726. The van der Waals surface area contributed by atoms with Crippen molar-refractivity contribution in [3.63, 3.8) is 0 Å². The first kappa shape index (κ1) is 15.1. The number of aliphatic carboxylic acids is 1. The topological polar surface area (TPSA) is 89.9 Å². The summed E-state index contributed by atoms with van der Waals surface area (Å²) in [7, 11) is 0. The summed E-state index contributed by atoms with van der Waals surface area (Å²) < 4.78 is 0. The Bertz CT molecular complexity index is 387. The Kier molecular flexibility index (Phi) is 4.52. The summed E-state index contributed by atoms with van der Waals surface area (Å²) in [6.45, 7) is 2.54. The van der Waals surface area contributed by atoms with Gasteiger partial charge in [-0.2, -0.15) is 0 Å². The third-order valence-electron chi connectivity index (χ3n) is 4.60. The first-order valence-corrected chi connectivity index (χ1v) is 7.41. The molecule has 114 valence electrons. The minimum absolute atomic E-state index is 0.0656. The molecule has 1 saturated heterocycles. The van der Waals surface area contributed by atoms with Crippen LogP contribution >= 0.6 is 0 Å². The summed E-state index contributed by atoms with van der Waals surface area (Å²) in [5.74, 6) is -0.649. The zero-order chi connectivity index (χ0) is 14.8. The third-order valence-corrected chi connectivity index (χ3v) is 4.60. The summed E-state index contributed by atoms with van der Waals surface area (Å²) in [4.78, 5) is 25.6. The lowest BCUT2D eigenvalue weighted by Gasteiger charge is -2.38. The van der Waals surface area contributed by atoms with E-state index in [4.69, 9.17) is 0 Å². The predicted molar refractivity (Wildman–Crippen MR) is 73.3 cm³/mol. The van der Waals surface area contributed by atoms with Gasteiger partial charge in [0.25, 0.3) is 0 Å². The lowest BCUT2D eigenvalue weighted by molar-refractivity contribution is -0.146. The lowest BCUT2D eigenvalue weighted by Crippen LogP contribution is -2.60. The average molecular weight is 284 g/mol. The molecule has 2 amide bonds. The molecule has 1 aliphatic carbocycles. The van der Waals surface area contributed by atoms with Crippen LogP contribution in [0, 0.1) is 5.92 Å². The molecule has 6 nitrogen and oxygen atoms in total. The third kappa shape index (κ3) is 2.90. The van der Waals surface area contributed by atoms with Crippen molar-refractivity contribution in [1.82, 2.24) is 10.2 Å². The molecular weight excluding hydrogens is 260 g/mol. The highest BCUT2D eigenvalue weighted by atomic mass is 16.4. The number of hydrogen-bond acceptors (Lipinski definition) is 3. The molecule has 1 heterocycles. The second-order valence-corrected chi connectivity index (χ2v) is 6.19. The highest BCUT2D eigenvalue weighted by Gasteiger charge is 2.44. The lowest BCUT2D eigenvalue weighted by atomic mass is 9.76. The van der Waals surface area contributed by atoms with E-state index in [9.17, 15) is 19.8 Å². The van der Waals surface area contributed by atoms with E-state index < -0.39 is 11.5 Å². The van der Waals surface area contributed by atoms with Gasteiger partial charge in [-0.15, -0.1) is 0 Å². The number of nitrogens with zero attached hydrogens (tertiary/aromatic N) is 1. The minimum Gasteiger partial charge on any atom is -0.480 e. The van der Waals surface area contributed by atoms with Gasteiger partial charge in [-0.25, -0.2) is 9.59 Å². The Hall–Kier alpha value is -1.30. The molecule has 6 heteroatoms. The fraction of sp³-hybridized carbons (Fsp3) is 0.857. The summed E-state index contributed by atoms with van der Waals surface area (Å²) in [5.41, 5.74) is -1.14. The van der Waals surface area contributed by atoms with E-state index in [2.05, 4.69) is 5.32 Å². The molecule has 0 aromatic carbocycles. The molecule has 0 aromatic rings. The van der Waals surface area contributed by atoms with Gasteiger partial charge in [0.15, 0.2) is 0 Å². The second-order valence-electron chi connectivity index (χ2n) is 6.19. The standard InChI is InChI=1S/C14H24N2O4/c1-10-4-2-6-14(8-10,12(18)19)15-13(20)16-7-3-5-11(16)9-17/h10-11,17H,2-9H2,1H3,(H,15,20)(H,18,19). The van der Waals surface area contributed by atoms with Crippen LogP contribution in [0.4, 0.5) is 4.79 Å². The number of hydrogen-bond donors (Lipinski definition) is 3. The maximum atomic E-state index is 12.3. The van der Waals surface area contributed by atoms with Gasteiger partial charge in [0.2, 0.25) is 0 Å². The summed E-state index contributed by atoms with van der Waals surface area (Å²) in [6.07, 6.45) is 4.42. The van der Waals surface area contributed by atoms with Gasteiger partial charge in [0, 0.05) is 6.54 Å². The van der Waals surface area contributed by atoms with Crippen LogP contribution in [0.1, 0.15) is 45.4 Å². The number of urea groups is 1. The van der Waals surface area contributed by atoms with Crippen molar-refractivity contribution in [2.75, 3.05) is 13.2 Å². The van der Waals surface area contributed by atoms with E-state index in [0.717, 1.165) is 25.7 Å². The molecule has 3 unspecified atom stereocenters. The number of nitrogens with one attached hydrogen (secondary N) is 1. The van der Waals surface area contributed by atoms with Crippen LogP contribution < -0.4 is 5.32 Å². The molecule has 1 saturated carbocycles. The maximum Gasteiger partial charge on any atom is 0.329 e. The van der Waals surface area contributed by atoms with Gasteiger partial charge >= 0.3 is 12.0 Å². The number of aliphatic hydroxyl groups is 1. The molecule has 1 aliphatic heterocycles. The van der Waals surface area contributed by atoms with E-state index >= 15 is 0 Å². The van der Waals surface area contributed by atoms with Crippen LogP contribution in [0.3, 0.4) is 0 Å². The average Bonchev–Trinajstić information content (AvgIpc) is 2.86. The van der Waals surface area contributed by atoms with Gasteiger partial charge in [0.05, 0.1) is 12.6 Å². The number of carbonyl (C=O) groups excluding carboxylic acids is 1. The van der Waals surface area contributed by atoms with Gasteiger partial charge < -0.3 is 20.4 Å². The van der Waals surface area contributed by atoms with E-state index in [1.807, 2.05) is 6.92 Å². The molecule has 20 heavy (non-hydrogen) atoms. The number of aliphatic hydroxyl groups excluding tert-OH is 1. The molecule has 3 atom stereocenters. The zero-order valence-corrected chi connectivity index (χ0v) is 12.0. The van der Waals surface area contributed by atoms with Crippen molar-refractivity contribution < 1.29 is 19.8 Å². The van der Waals surface area contributed by atoms with Crippen molar-refractivity contribution in [2.45, 2.75) is 57.0 Å². The first-order valence-electron chi connectivity index (χ1n) is 7.41. The van der Waals surface area contributed by atoms with Crippen molar-refractivity contribution in [3.8, 4) is 0 Å². The van der Waals surface area contributed by atoms with Crippen LogP contribution in [0.25, 0.3) is 0 Å². The normalized spacial score (nSPS) is 34.0. The van der Waals surface area contributed by atoms with Gasteiger partial charge in [-0.1, -0.05) is 19.8 Å². The van der Waals surface area contributed by atoms with Gasteiger partial charge in [0.1, 0.15) is 5.54 Å². The van der Waals surface area contributed by atoms with E-state index in [1.54, 1.807) is 4.90 Å². The van der Waals surface area contributed by atoms with E-state index in [0.29, 0.717) is 25.3 Å². The van der Waals surface area contributed by atoms with Gasteiger partial charge in [-0.05, 0) is 31.6 Å². The highest BCUT2D eigenvalue weighted by molar-refractivity contribution is 5.86. The number of rotatable bonds is 3. The molecule has 0 aromatic heterocycles. The Labute approximate surface area is 119 Å². The number of likely N-dealkylation sites (tertiary alicyclic amines) is 1. The maximum absolute atomic E-state index is 12.3. The molecule has 0 spiro atoms. The molecular formula is C14H24N2O4. The zero-order valence-electron chi connectivity index (χ0n) is 12.0. The second kappa shape index (κ2) is 5.99. The molecule has 2 fully saturated rings. The molecule has 3 N–H and O–H groups in total. The van der Waals surface area contributed by atoms with E-state index in [1.165, 1.54) is 0 Å². The van der Waals surface area contributed by atoms with Crippen LogP contribution in [-0.2, 0) is 4.79 Å². The summed E-state index contributed by atoms with van der Waals surface area (Å²) in [5, 5.41) is 21.6. The fourth-order valence-electron chi connectivity index (χ4n) is 3.48. The van der Waals surface area contributed by atoms with Crippen molar-refractivity contribution in [2.24, 2.45) is 5.92 Å².